The molecular weight excluding hydrogens is 713 g/mol. The smallest absolute Gasteiger partial charge is 0.315 e. The molecule has 1 aromatic heterocycles. The molecule has 0 radical (unpaired) electrons. The minimum absolute atomic E-state index is 0.00926. The van der Waals surface area contributed by atoms with E-state index in [4.69, 9.17) is 9.47 Å². The van der Waals surface area contributed by atoms with Crippen LogP contribution >= 0.6 is 11.8 Å². The van der Waals surface area contributed by atoms with Gasteiger partial charge in [-0.05, 0) is 125 Å². The van der Waals surface area contributed by atoms with Gasteiger partial charge in [0.2, 0.25) is 5.16 Å². The molecule has 4 bridgehead atoms. The van der Waals surface area contributed by atoms with Crippen LogP contribution < -0.4 is 10.6 Å². The van der Waals surface area contributed by atoms with E-state index in [0.29, 0.717) is 23.9 Å². The molecule has 5 aromatic rings. The second-order valence-corrected chi connectivity index (χ2v) is 16.9. The highest BCUT2D eigenvalue weighted by Crippen LogP contribution is 2.55. The third-order valence-electron chi connectivity index (χ3n) is 11.9. The topological polar surface area (TPSA) is 144 Å². The minimum Gasteiger partial charge on any atom is -0.508 e. The van der Waals surface area contributed by atoms with Gasteiger partial charge < -0.3 is 30.3 Å². The SMILES string of the molecule is O=C(NCc1cccc(-c2ccc(C3OC(CSc4nnnn4-c4ccc(O)cc4)CC(c4ccc(CO)cc4)O3)cc2)c1)NC12CC3CC(CC(C3)C1)C2. The number of phenolic OH excluding ortho intramolecular Hbond substituents is 1. The lowest BCUT2D eigenvalue weighted by Crippen LogP contribution is -2.61. The van der Waals surface area contributed by atoms with E-state index in [1.807, 2.05) is 30.3 Å². The molecule has 11 nitrogen and oxygen atoms in total. The number of benzene rings is 4. The summed E-state index contributed by atoms with van der Waals surface area (Å²) in [4.78, 5) is 13.1. The fraction of sp³-hybridized carbons (Fsp3) is 0.395. The Morgan fingerprint density at radius 3 is 2.24 bits per heavy atom. The highest BCUT2D eigenvalue weighted by molar-refractivity contribution is 7.99. The molecule has 284 valence electrons. The molecule has 12 heteroatoms. The molecular formula is C43H46N6O5S. The van der Waals surface area contributed by atoms with Crippen LogP contribution in [-0.2, 0) is 22.6 Å². The Hall–Kier alpha value is -4.75. The predicted octanol–water partition coefficient (Wildman–Crippen LogP) is 7.63. The predicted molar refractivity (Wildman–Crippen MR) is 208 cm³/mol. The monoisotopic (exact) mass is 758 g/mol. The Morgan fingerprint density at radius 2 is 1.53 bits per heavy atom. The number of aromatic hydroxyl groups is 1. The Bertz CT molecular complexity index is 2070. The van der Waals surface area contributed by atoms with Gasteiger partial charge in [-0.2, -0.15) is 4.68 Å². The first kappa shape index (κ1) is 35.9. The molecule has 1 aliphatic heterocycles. The number of aliphatic hydroxyl groups is 1. The maximum atomic E-state index is 13.1. The highest BCUT2D eigenvalue weighted by atomic mass is 32.2. The van der Waals surface area contributed by atoms with Gasteiger partial charge in [-0.3, -0.25) is 0 Å². The van der Waals surface area contributed by atoms with Crippen LogP contribution in [0.4, 0.5) is 4.79 Å². The number of tetrazole rings is 1. The molecule has 5 fully saturated rings. The summed E-state index contributed by atoms with van der Waals surface area (Å²) in [6, 6.07) is 31.1. The number of urea groups is 1. The van der Waals surface area contributed by atoms with E-state index in [1.165, 1.54) is 31.0 Å². The fourth-order valence-corrected chi connectivity index (χ4v) is 10.5. The van der Waals surface area contributed by atoms with Gasteiger partial charge in [0.25, 0.3) is 0 Å². The second kappa shape index (κ2) is 15.4. The number of carbonyl (C=O) groups is 1. The number of hydrogen-bond acceptors (Lipinski definition) is 9. The summed E-state index contributed by atoms with van der Waals surface area (Å²) in [6.07, 6.45) is 7.08. The molecule has 0 spiro atoms. The number of rotatable bonds is 11. The van der Waals surface area contributed by atoms with E-state index >= 15 is 0 Å². The standard InChI is InChI=1S/C43H46N6O5S/c50-25-27-4-6-33(7-5-27)39-20-38(26-55-42-46-47-48-49(42)36-12-14-37(51)15-13-36)53-40(54-39)34-10-8-32(9-11-34)35-3-1-2-28(19-35)24-44-41(52)45-43-21-29-16-30(22-43)18-31(17-29)23-43/h1-15,19,29-31,38-40,50-51H,16-18,20-26H2,(H2,44,45,52). The number of nitrogens with one attached hydrogen (secondary N) is 2. The van der Waals surface area contributed by atoms with E-state index in [9.17, 15) is 15.0 Å². The number of ether oxygens (including phenoxy) is 2. The van der Waals surface area contributed by atoms with Crippen molar-refractivity contribution in [3.05, 3.63) is 119 Å². The van der Waals surface area contributed by atoms with Crippen molar-refractivity contribution in [2.45, 2.75) is 87.3 Å². The van der Waals surface area contributed by atoms with E-state index in [1.54, 1.807) is 28.9 Å². The molecule has 4 saturated carbocycles. The molecule has 5 aliphatic rings. The zero-order valence-corrected chi connectivity index (χ0v) is 31.4. The average molecular weight is 759 g/mol. The number of amides is 2. The third-order valence-corrected chi connectivity index (χ3v) is 12.9. The van der Waals surface area contributed by atoms with Crippen LogP contribution in [0, 0.1) is 17.8 Å². The van der Waals surface area contributed by atoms with Gasteiger partial charge >= 0.3 is 6.03 Å². The Kier molecular flexibility index (Phi) is 10.1. The second-order valence-electron chi connectivity index (χ2n) is 15.9. The maximum absolute atomic E-state index is 13.1. The first-order valence-corrected chi connectivity index (χ1v) is 20.3. The third kappa shape index (κ3) is 8.00. The van der Waals surface area contributed by atoms with E-state index in [-0.39, 0.29) is 36.1 Å². The van der Waals surface area contributed by atoms with Gasteiger partial charge in [0.05, 0.1) is 24.5 Å². The van der Waals surface area contributed by atoms with E-state index in [0.717, 1.165) is 76.1 Å². The summed E-state index contributed by atoms with van der Waals surface area (Å²) in [5.74, 6) is 3.11. The summed E-state index contributed by atoms with van der Waals surface area (Å²) in [7, 11) is 0. The molecule has 3 unspecified atom stereocenters. The average Bonchev–Trinajstić information content (AvgIpc) is 3.68. The van der Waals surface area contributed by atoms with Crippen LogP contribution in [0.5, 0.6) is 5.75 Å². The van der Waals surface area contributed by atoms with Crippen LogP contribution in [0.25, 0.3) is 16.8 Å². The summed E-state index contributed by atoms with van der Waals surface area (Å²) in [5.41, 5.74) is 6.68. The number of aromatic nitrogens is 4. The Morgan fingerprint density at radius 1 is 0.818 bits per heavy atom. The van der Waals surface area contributed by atoms with Gasteiger partial charge in [-0.15, -0.1) is 5.10 Å². The zero-order valence-electron chi connectivity index (χ0n) is 30.6. The molecule has 3 atom stereocenters. The molecule has 1 saturated heterocycles. The van der Waals surface area contributed by atoms with Crippen molar-refractivity contribution >= 4 is 17.8 Å². The van der Waals surface area contributed by atoms with Gasteiger partial charge in [0.1, 0.15) is 5.75 Å². The van der Waals surface area contributed by atoms with Crippen molar-refractivity contribution in [1.29, 1.82) is 0 Å². The van der Waals surface area contributed by atoms with Crippen LogP contribution in [-0.4, -0.2) is 53.8 Å². The molecule has 4 aromatic carbocycles. The Balaban J connectivity index is 0.865. The van der Waals surface area contributed by atoms with Crippen LogP contribution in [0.15, 0.2) is 102 Å². The first-order chi connectivity index (χ1) is 26.9. The minimum atomic E-state index is -0.605. The summed E-state index contributed by atoms with van der Waals surface area (Å²) in [5, 5.41) is 38.8. The number of carbonyl (C=O) groups excluding carboxylic acids is 1. The van der Waals surface area contributed by atoms with E-state index < -0.39 is 6.29 Å². The van der Waals surface area contributed by atoms with Crippen molar-refractivity contribution in [3.8, 4) is 22.6 Å². The quantitative estimate of drug-likeness (QED) is 0.100. The van der Waals surface area contributed by atoms with Gasteiger partial charge in [0.15, 0.2) is 6.29 Å². The number of thioether (sulfide) groups is 1. The Labute approximate surface area is 324 Å². The number of nitrogens with zero attached hydrogens (tertiary/aromatic N) is 4. The van der Waals surface area contributed by atoms with Crippen LogP contribution in [0.1, 0.15) is 79.6 Å². The highest BCUT2D eigenvalue weighted by Gasteiger charge is 2.51. The normalized spacial score (nSPS) is 26.9. The van der Waals surface area contributed by atoms with Gasteiger partial charge in [-0.1, -0.05) is 78.5 Å². The maximum Gasteiger partial charge on any atom is 0.315 e. The zero-order chi connectivity index (χ0) is 37.4. The van der Waals surface area contributed by atoms with E-state index in [2.05, 4.69) is 68.6 Å². The van der Waals surface area contributed by atoms with Gasteiger partial charge in [-0.25, -0.2) is 4.79 Å². The summed E-state index contributed by atoms with van der Waals surface area (Å²) < 4.78 is 14.8. The lowest BCUT2D eigenvalue weighted by molar-refractivity contribution is -0.245. The fourth-order valence-electron chi connectivity index (χ4n) is 9.64. The van der Waals surface area contributed by atoms with Crippen molar-refractivity contribution in [1.82, 2.24) is 30.8 Å². The number of hydrogen-bond donors (Lipinski definition) is 4. The molecule has 55 heavy (non-hydrogen) atoms. The van der Waals surface area contributed by atoms with Crippen molar-refractivity contribution in [3.63, 3.8) is 0 Å². The first-order valence-electron chi connectivity index (χ1n) is 19.3. The van der Waals surface area contributed by atoms with Gasteiger partial charge in [0, 0.05) is 29.8 Å². The number of aliphatic hydroxyl groups excluding tert-OH is 1. The van der Waals surface area contributed by atoms with Crippen LogP contribution in [0.2, 0.25) is 0 Å². The summed E-state index contributed by atoms with van der Waals surface area (Å²) >= 11 is 1.50. The number of phenols is 1. The lowest BCUT2D eigenvalue weighted by atomic mass is 9.53. The molecule has 2 amide bonds. The largest absolute Gasteiger partial charge is 0.508 e. The van der Waals surface area contributed by atoms with Crippen molar-refractivity contribution < 1.29 is 24.5 Å². The molecule has 2 heterocycles. The molecule has 4 N–H and O–H groups in total. The van der Waals surface area contributed by atoms with Crippen LogP contribution in [0.3, 0.4) is 0 Å². The van der Waals surface area contributed by atoms with Crippen molar-refractivity contribution in [2.24, 2.45) is 17.8 Å². The lowest BCUT2D eigenvalue weighted by Gasteiger charge is -2.56. The summed E-state index contributed by atoms with van der Waals surface area (Å²) in [6.45, 7) is 0.449. The molecule has 10 rings (SSSR count). The van der Waals surface area contributed by atoms with Crippen molar-refractivity contribution in [2.75, 3.05) is 5.75 Å². The molecule has 4 aliphatic carbocycles.